The predicted octanol–water partition coefficient (Wildman–Crippen LogP) is 1.67. The molecule has 0 aromatic heterocycles. The molecule has 0 saturated carbocycles. The molecule has 0 bridgehead atoms. The van der Waals surface area contributed by atoms with Crippen molar-refractivity contribution in [2.24, 2.45) is 5.92 Å². The van der Waals surface area contributed by atoms with Gasteiger partial charge in [0, 0.05) is 13.7 Å². The highest BCUT2D eigenvalue weighted by Crippen LogP contribution is 2.03. The Balaban J connectivity index is 3.24. The molecule has 1 unspecified atom stereocenters. The summed E-state index contributed by atoms with van der Waals surface area (Å²) in [6.45, 7) is 6.78. The first-order chi connectivity index (χ1) is 6.70. The third-order valence-corrected chi connectivity index (χ3v) is 2.17. The van der Waals surface area contributed by atoms with Gasteiger partial charge >= 0.3 is 0 Å². The van der Waals surface area contributed by atoms with E-state index < -0.39 is 0 Å². The second-order valence-corrected chi connectivity index (χ2v) is 4.05. The molecule has 0 aromatic rings. The smallest absolute Gasteiger partial charge is 0.0642 e. The van der Waals surface area contributed by atoms with Crippen LogP contribution in [-0.2, 0) is 9.47 Å². The summed E-state index contributed by atoms with van der Waals surface area (Å²) >= 11 is 0. The topological polar surface area (TPSA) is 30.5 Å². The molecule has 0 spiro atoms. The van der Waals surface area contributed by atoms with E-state index in [2.05, 4.69) is 19.2 Å². The molecule has 0 aliphatic rings. The van der Waals surface area contributed by atoms with Crippen LogP contribution in [0.1, 0.15) is 26.7 Å². The van der Waals surface area contributed by atoms with E-state index >= 15 is 0 Å². The van der Waals surface area contributed by atoms with Crippen molar-refractivity contribution < 1.29 is 9.47 Å². The molecule has 0 radical (unpaired) electrons. The lowest BCUT2D eigenvalue weighted by Gasteiger charge is -2.15. The highest BCUT2D eigenvalue weighted by molar-refractivity contribution is 4.61. The highest BCUT2D eigenvalue weighted by atomic mass is 16.5. The monoisotopic (exact) mass is 203 g/mol. The Morgan fingerprint density at radius 2 is 1.93 bits per heavy atom. The van der Waals surface area contributed by atoms with Gasteiger partial charge in [-0.1, -0.05) is 13.8 Å². The number of rotatable bonds is 9. The Labute approximate surface area is 88.2 Å². The van der Waals surface area contributed by atoms with Gasteiger partial charge in [0.05, 0.1) is 19.3 Å². The minimum absolute atomic E-state index is 0.319. The first kappa shape index (κ1) is 13.9. The van der Waals surface area contributed by atoms with E-state index in [-0.39, 0.29) is 0 Å². The van der Waals surface area contributed by atoms with Crippen molar-refractivity contribution >= 4 is 0 Å². The summed E-state index contributed by atoms with van der Waals surface area (Å²) in [6.07, 6.45) is 2.40. The number of hydrogen-bond donors (Lipinski definition) is 1. The van der Waals surface area contributed by atoms with Gasteiger partial charge in [0.25, 0.3) is 0 Å². The largest absolute Gasteiger partial charge is 0.383 e. The van der Waals surface area contributed by atoms with Gasteiger partial charge in [-0.2, -0.15) is 0 Å². The maximum Gasteiger partial charge on any atom is 0.0642 e. The van der Waals surface area contributed by atoms with Crippen LogP contribution in [0.15, 0.2) is 0 Å². The Morgan fingerprint density at radius 3 is 2.43 bits per heavy atom. The zero-order valence-corrected chi connectivity index (χ0v) is 10.0. The molecule has 0 aliphatic heterocycles. The van der Waals surface area contributed by atoms with Crippen molar-refractivity contribution in [1.82, 2.24) is 5.32 Å². The molecule has 1 atom stereocenters. The van der Waals surface area contributed by atoms with Crippen LogP contribution in [0.3, 0.4) is 0 Å². The summed E-state index contributed by atoms with van der Waals surface area (Å²) in [5.41, 5.74) is 0. The van der Waals surface area contributed by atoms with Crippen molar-refractivity contribution in [2.75, 3.05) is 34.0 Å². The van der Waals surface area contributed by atoms with Crippen molar-refractivity contribution in [3.63, 3.8) is 0 Å². The fraction of sp³-hybridized carbons (Fsp3) is 1.00. The zero-order chi connectivity index (χ0) is 10.8. The minimum atomic E-state index is 0.319. The van der Waals surface area contributed by atoms with Crippen molar-refractivity contribution in [3.05, 3.63) is 0 Å². The maximum atomic E-state index is 5.55. The van der Waals surface area contributed by atoms with Gasteiger partial charge in [-0.25, -0.2) is 0 Å². The van der Waals surface area contributed by atoms with Gasteiger partial charge in [-0.3, -0.25) is 0 Å². The maximum absolute atomic E-state index is 5.55. The average Bonchev–Trinajstić information content (AvgIpc) is 2.15. The van der Waals surface area contributed by atoms with E-state index in [1.807, 2.05) is 7.05 Å². The van der Waals surface area contributed by atoms with Gasteiger partial charge in [-0.05, 0) is 25.8 Å². The van der Waals surface area contributed by atoms with Gasteiger partial charge in [-0.15, -0.1) is 0 Å². The summed E-state index contributed by atoms with van der Waals surface area (Å²) in [4.78, 5) is 0. The average molecular weight is 203 g/mol. The number of ether oxygens (including phenoxy) is 2. The highest BCUT2D eigenvalue weighted by Gasteiger charge is 2.04. The van der Waals surface area contributed by atoms with Gasteiger partial charge in [0.2, 0.25) is 0 Å². The molecule has 0 aliphatic carbocycles. The molecule has 3 heteroatoms. The molecule has 0 rings (SSSR count). The van der Waals surface area contributed by atoms with Gasteiger partial charge < -0.3 is 14.8 Å². The second kappa shape index (κ2) is 9.44. The van der Waals surface area contributed by atoms with Crippen LogP contribution in [0.4, 0.5) is 0 Å². The second-order valence-electron chi connectivity index (χ2n) is 4.05. The van der Waals surface area contributed by atoms with Crippen molar-refractivity contribution in [2.45, 2.75) is 32.7 Å². The summed E-state index contributed by atoms with van der Waals surface area (Å²) in [5.74, 6) is 0.776. The minimum Gasteiger partial charge on any atom is -0.383 e. The summed E-state index contributed by atoms with van der Waals surface area (Å²) < 4.78 is 10.6. The van der Waals surface area contributed by atoms with Crippen LogP contribution in [0.25, 0.3) is 0 Å². The first-order valence-corrected chi connectivity index (χ1v) is 5.44. The van der Waals surface area contributed by atoms with E-state index in [1.54, 1.807) is 7.11 Å². The Morgan fingerprint density at radius 1 is 1.21 bits per heavy atom. The van der Waals surface area contributed by atoms with Crippen molar-refractivity contribution in [3.8, 4) is 0 Å². The molecule has 0 saturated heterocycles. The number of likely N-dealkylation sites (N-methyl/N-ethyl adjacent to an activating group) is 1. The normalized spacial score (nSPS) is 13.5. The van der Waals surface area contributed by atoms with Gasteiger partial charge in [0.15, 0.2) is 0 Å². The fourth-order valence-electron chi connectivity index (χ4n) is 1.24. The number of hydrogen-bond acceptors (Lipinski definition) is 3. The van der Waals surface area contributed by atoms with E-state index in [9.17, 15) is 0 Å². The Hall–Kier alpha value is -0.120. The third-order valence-electron chi connectivity index (χ3n) is 2.17. The first-order valence-electron chi connectivity index (χ1n) is 5.44. The fourth-order valence-corrected chi connectivity index (χ4v) is 1.24. The third kappa shape index (κ3) is 8.48. The van der Waals surface area contributed by atoms with Crippen LogP contribution < -0.4 is 5.32 Å². The Kier molecular flexibility index (Phi) is 9.35. The number of methoxy groups -OCH3 is 1. The molecule has 0 aromatic carbocycles. The number of nitrogens with one attached hydrogen (secondary N) is 1. The summed E-state index contributed by atoms with van der Waals surface area (Å²) in [6, 6.07) is 0.319. The Bertz CT molecular complexity index is 118. The summed E-state index contributed by atoms with van der Waals surface area (Å²) in [7, 11) is 3.64. The van der Waals surface area contributed by atoms with Crippen LogP contribution >= 0.6 is 0 Å². The lowest BCUT2D eigenvalue weighted by Crippen LogP contribution is -2.34. The molecule has 0 heterocycles. The quantitative estimate of drug-likeness (QED) is 0.578. The van der Waals surface area contributed by atoms with E-state index in [4.69, 9.17) is 9.47 Å². The molecule has 0 fully saturated rings. The lowest BCUT2D eigenvalue weighted by atomic mass is 10.1. The van der Waals surface area contributed by atoms with Crippen LogP contribution in [0.5, 0.6) is 0 Å². The molecular formula is C11H25NO2. The molecule has 86 valence electrons. The van der Waals surface area contributed by atoms with Crippen LogP contribution in [-0.4, -0.2) is 40.0 Å². The molecule has 1 N–H and O–H groups in total. The van der Waals surface area contributed by atoms with Gasteiger partial charge in [0.1, 0.15) is 0 Å². The standard InChI is InChI=1S/C11H25NO2/c1-10(2)6-5-7-14-9-11(12-3)8-13-4/h10-12H,5-9H2,1-4H3. The molecule has 0 amide bonds. The molecule has 3 nitrogen and oxygen atoms in total. The van der Waals surface area contributed by atoms with E-state index in [1.165, 1.54) is 6.42 Å². The lowest BCUT2D eigenvalue weighted by molar-refractivity contribution is 0.0740. The van der Waals surface area contributed by atoms with E-state index in [0.717, 1.165) is 25.6 Å². The van der Waals surface area contributed by atoms with E-state index in [0.29, 0.717) is 12.6 Å². The predicted molar refractivity (Wildman–Crippen MR) is 59.6 cm³/mol. The van der Waals surface area contributed by atoms with Crippen LogP contribution in [0.2, 0.25) is 0 Å². The van der Waals surface area contributed by atoms with Crippen molar-refractivity contribution in [1.29, 1.82) is 0 Å². The zero-order valence-electron chi connectivity index (χ0n) is 10.0. The molecule has 14 heavy (non-hydrogen) atoms. The summed E-state index contributed by atoms with van der Waals surface area (Å²) in [5, 5.41) is 3.15. The molecular weight excluding hydrogens is 178 g/mol. The van der Waals surface area contributed by atoms with Crippen LogP contribution in [0, 0.1) is 5.92 Å². The SMILES string of the molecule is CNC(COC)COCCCC(C)C.